The summed E-state index contributed by atoms with van der Waals surface area (Å²) in [4.78, 5) is 43.9. The number of amides is 2. The molecule has 2 amide bonds. The Kier molecular flexibility index (Phi) is 4.60. The molecule has 142 valence electrons. The number of halogens is 1. The van der Waals surface area contributed by atoms with Gasteiger partial charge in [-0.25, -0.2) is 9.69 Å². The van der Waals surface area contributed by atoms with Crippen molar-refractivity contribution in [2.75, 3.05) is 11.5 Å². The molecule has 28 heavy (non-hydrogen) atoms. The molecule has 2 aliphatic rings. The molecular weight excluding hydrogens is 384 g/mol. The van der Waals surface area contributed by atoms with Gasteiger partial charge in [0.1, 0.15) is 11.6 Å². The lowest BCUT2D eigenvalue weighted by Gasteiger charge is -2.15. The molecule has 0 aliphatic carbocycles. The molecular formula is C20H15ClN2O5. The van der Waals surface area contributed by atoms with Gasteiger partial charge in [-0.2, -0.15) is 0 Å². The summed E-state index contributed by atoms with van der Waals surface area (Å²) in [7, 11) is 0. The van der Waals surface area contributed by atoms with Gasteiger partial charge in [0.25, 0.3) is 5.91 Å². The molecule has 0 N–H and O–H groups in total. The molecule has 2 aromatic rings. The van der Waals surface area contributed by atoms with Crippen molar-refractivity contribution in [2.24, 2.45) is 11.1 Å². The van der Waals surface area contributed by atoms with Crippen LogP contribution in [0.25, 0.3) is 0 Å². The first kappa shape index (κ1) is 18.2. The molecule has 1 fully saturated rings. The van der Waals surface area contributed by atoms with Crippen LogP contribution in [0.4, 0.5) is 5.69 Å². The molecule has 0 unspecified atom stereocenters. The van der Waals surface area contributed by atoms with Crippen molar-refractivity contribution in [1.29, 1.82) is 0 Å². The van der Waals surface area contributed by atoms with Crippen LogP contribution < -0.4 is 4.90 Å². The first-order valence-electron chi connectivity index (χ1n) is 8.66. The maximum atomic E-state index is 13.0. The van der Waals surface area contributed by atoms with E-state index in [1.807, 2.05) is 0 Å². The van der Waals surface area contributed by atoms with Crippen LogP contribution in [0.15, 0.2) is 53.7 Å². The van der Waals surface area contributed by atoms with Gasteiger partial charge in [0.05, 0.1) is 17.9 Å². The number of oxime groups is 1. The van der Waals surface area contributed by atoms with E-state index >= 15 is 0 Å². The van der Waals surface area contributed by atoms with Gasteiger partial charge in [-0.15, -0.1) is 0 Å². The van der Waals surface area contributed by atoms with Gasteiger partial charge in [0.2, 0.25) is 12.0 Å². The Morgan fingerprint density at radius 3 is 2.43 bits per heavy atom. The Hall–Kier alpha value is -3.19. The number of anilines is 1. The molecule has 0 bridgehead atoms. The summed E-state index contributed by atoms with van der Waals surface area (Å²) >= 11 is 5.91. The molecule has 7 nitrogen and oxygen atoms in total. The Morgan fingerprint density at radius 1 is 1.11 bits per heavy atom. The third kappa shape index (κ3) is 2.93. The first-order chi connectivity index (χ1) is 13.5. The summed E-state index contributed by atoms with van der Waals surface area (Å²) in [6.45, 7) is 1.98. The van der Waals surface area contributed by atoms with E-state index in [4.69, 9.17) is 21.2 Å². The number of imide groups is 1. The largest absolute Gasteiger partial charge is 0.462 e. The third-order valence-electron chi connectivity index (χ3n) is 4.59. The quantitative estimate of drug-likeness (QED) is 0.584. The maximum absolute atomic E-state index is 13.0. The van der Waals surface area contributed by atoms with Crippen molar-refractivity contribution in [1.82, 2.24) is 0 Å². The van der Waals surface area contributed by atoms with Crippen LogP contribution in [-0.2, 0) is 19.2 Å². The van der Waals surface area contributed by atoms with Gasteiger partial charge in [-0.05, 0) is 43.3 Å². The summed E-state index contributed by atoms with van der Waals surface area (Å²) in [6.07, 6.45) is -0.997. The Morgan fingerprint density at radius 2 is 1.79 bits per heavy atom. The predicted molar refractivity (Wildman–Crippen MR) is 101 cm³/mol. The van der Waals surface area contributed by atoms with E-state index in [9.17, 15) is 14.4 Å². The summed E-state index contributed by atoms with van der Waals surface area (Å²) in [5.74, 6) is -2.21. The lowest BCUT2D eigenvalue weighted by molar-refractivity contribution is -0.126. The summed E-state index contributed by atoms with van der Waals surface area (Å²) in [6, 6.07) is 12.9. The van der Waals surface area contributed by atoms with E-state index in [0.717, 1.165) is 4.90 Å². The van der Waals surface area contributed by atoms with E-state index in [1.165, 1.54) is 24.3 Å². The lowest BCUT2D eigenvalue weighted by Crippen LogP contribution is -2.33. The molecule has 2 aromatic carbocycles. The standard InChI is InChI=1S/C20H15ClN2O5/c1-2-27-20(26)12-5-9-14(10-6-12)23-18(24)15-16(22-28-17(15)19(23)25)11-3-7-13(21)8-4-11/h3-10,15,17H,2H2,1H3/t15-,17+/m1/s1. The average molecular weight is 399 g/mol. The fourth-order valence-corrected chi connectivity index (χ4v) is 3.38. The van der Waals surface area contributed by atoms with Crippen LogP contribution in [0.1, 0.15) is 22.8 Å². The predicted octanol–water partition coefficient (Wildman–Crippen LogP) is 2.81. The molecule has 0 radical (unpaired) electrons. The van der Waals surface area contributed by atoms with Crippen molar-refractivity contribution >= 4 is 40.8 Å². The molecule has 2 atom stereocenters. The zero-order valence-electron chi connectivity index (χ0n) is 14.8. The van der Waals surface area contributed by atoms with Gasteiger partial charge in [-0.1, -0.05) is 28.9 Å². The number of benzene rings is 2. The average Bonchev–Trinajstić information content (AvgIpc) is 3.23. The van der Waals surface area contributed by atoms with Crippen molar-refractivity contribution < 1.29 is 24.0 Å². The molecule has 1 saturated heterocycles. The van der Waals surface area contributed by atoms with E-state index in [2.05, 4.69) is 5.16 Å². The number of hydrogen-bond donors (Lipinski definition) is 0. The highest BCUT2D eigenvalue weighted by molar-refractivity contribution is 6.33. The molecule has 0 aromatic heterocycles. The van der Waals surface area contributed by atoms with Gasteiger partial charge in [0, 0.05) is 10.6 Å². The number of carbonyl (C=O) groups excluding carboxylic acids is 3. The van der Waals surface area contributed by atoms with Gasteiger partial charge >= 0.3 is 5.97 Å². The SMILES string of the molecule is CCOC(=O)c1ccc(N2C(=O)[C@@H]3C(c4ccc(Cl)cc4)=NO[C@@H]3C2=O)cc1. The molecule has 2 aliphatic heterocycles. The molecule has 2 heterocycles. The smallest absolute Gasteiger partial charge is 0.338 e. The normalized spacial score (nSPS) is 20.6. The fourth-order valence-electron chi connectivity index (χ4n) is 3.25. The van der Waals surface area contributed by atoms with Crippen molar-refractivity contribution in [2.45, 2.75) is 13.0 Å². The van der Waals surface area contributed by atoms with Crippen LogP contribution >= 0.6 is 11.6 Å². The van der Waals surface area contributed by atoms with Crippen molar-refractivity contribution in [3.8, 4) is 0 Å². The van der Waals surface area contributed by atoms with E-state index < -0.39 is 29.8 Å². The van der Waals surface area contributed by atoms with Crippen LogP contribution in [0, 0.1) is 5.92 Å². The number of nitrogens with zero attached hydrogens (tertiary/aromatic N) is 2. The van der Waals surface area contributed by atoms with E-state index in [1.54, 1.807) is 31.2 Å². The second kappa shape index (κ2) is 7.09. The summed E-state index contributed by atoms with van der Waals surface area (Å²) in [5, 5.41) is 4.50. The Bertz CT molecular complexity index is 985. The molecule has 4 rings (SSSR count). The highest BCUT2D eigenvalue weighted by Gasteiger charge is 2.56. The molecule has 0 spiro atoms. The van der Waals surface area contributed by atoms with Gasteiger partial charge < -0.3 is 9.57 Å². The topological polar surface area (TPSA) is 85.3 Å². The minimum Gasteiger partial charge on any atom is -0.462 e. The second-order valence-electron chi connectivity index (χ2n) is 6.27. The van der Waals surface area contributed by atoms with Crippen molar-refractivity contribution in [3.05, 3.63) is 64.7 Å². The van der Waals surface area contributed by atoms with Gasteiger partial charge in [0.15, 0.2) is 0 Å². The minimum absolute atomic E-state index is 0.261. The van der Waals surface area contributed by atoms with Crippen LogP contribution in [0.3, 0.4) is 0 Å². The number of ether oxygens (including phenoxy) is 1. The lowest BCUT2D eigenvalue weighted by atomic mass is 9.94. The fraction of sp³-hybridized carbons (Fsp3) is 0.200. The third-order valence-corrected chi connectivity index (χ3v) is 4.84. The first-order valence-corrected chi connectivity index (χ1v) is 9.03. The number of hydrogen-bond acceptors (Lipinski definition) is 6. The number of carbonyl (C=O) groups is 3. The minimum atomic E-state index is -0.997. The highest BCUT2D eigenvalue weighted by atomic mass is 35.5. The maximum Gasteiger partial charge on any atom is 0.338 e. The molecule has 8 heteroatoms. The second-order valence-corrected chi connectivity index (χ2v) is 6.70. The zero-order valence-corrected chi connectivity index (χ0v) is 15.6. The van der Waals surface area contributed by atoms with E-state index in [-0.39, 0.29) is 6.61 Å². The van der Waals surface area contributed by atoms with Crippen LogP contribution in [-0.4, -0.2) is 36.2 Å². The summed E-state index contributed by atoms with van der Waals surface area (Å²) in [5.41, 5.74) is 1.75. The van der Waals surface area contributed by atoms with Crippen molar-refractivity contribution in [3.63, 3.8) is 0 Å². The zero-order chi connectivity index (χ0) is 19.8. The Labute approximate surface area is 165 Å². The number of esters is 1. The highest BCUT2D eigenvalue weighted by Crippen LogP contribution is 2.35. The number of rotatable bonds is 4. The Balaban J connectivity index is 1.60. The van der Waals surface area contributed by atoms with Gasteiger partial charge in [-0.3, -0.25) is 9.59 Å². The summed E-state index contributed by atoms with van der Waals surface area (Å²) < 4.78 is 4.94. The van der Waals surface area contributed by atoms with Crippen LogP contribution in [0.5, 0.6) is 0 Å². The van der Waals surface area contributed by atoms with Crippen LogP contribution in [0.2, 0.25) is 5.02 Å². The van der Waals surface area contributed by atoms with E-state index in [0.29, 0.717) is 27.5 Å². The monoisotopic (exact) mass is 398 g/mol. The number of fused-ring (bicyclic) bond motifs is 1. The molecule has 0 saturated carbocycles.